The molecule has 0 saturated heterocycles. The molecule has 6 nitrogen and oxygen atoms in total. The van der Waals surface area contributed by atoms with Gasteiger partial charge in [0.1, 0.15) is 0 Å². The molecular formula is C14H12F5N5O. The minimum Gasteiger partial charge on any atom is -0.328 e. The molecule has 3 aromatic heterocycles. The highest BCUT2D eigenvalue weighted by Gasteiger charge is 2.43. The van der Waals surface area contributed by atoms with Gasteiger partial charge in [0.15, 0.2) is 5.69 Å². The SMILES string of the molecule is Cc1cn2c(=O)c(-c3cn[nH]c3)c(C(F)(F)F)nc2[nH]1.FC1(F)CC1. The Balaban J connectivity index is 0.000000314. The quantitative estimate of drug-likeness (QED) is 0.654. The van der Waals surface area contributed by atoms with Gasteiger partial charge >= 0.3 is 6.18 Å². The fraction of sp³-hybridized carbons (Fsp3) is 0.357. The van der Waals surface area contributed by atoms with Crippen LogP contribution in [0.3, 0.4) is 0 Å². The molecule has 1 aliphatic carbocycles. The third-order valence-electron chi connectivity index (χ3n) is 3.43. The molecule has 0 aliphatic heterocycles. The van der Waals surface area contributed by atoms with E-state index in [1.165, 1.54) is 12.4 Å². The first-order valence-electron chi connectivity index (χ1n) is 7.15. The third-order valence-corrected chi connectivity index (χ3v) is 3.43. The molecule has 134 valence electrons. The van der Waals surface area contributed by atoms with Crippen LogP contribution >= 0.6 is 0 Å². The summed E-state index contributed by atoms with van der Waals surface area (Å²) in [5.41, 5.74) is -1.98. The van der Waals surface area contributed by atoms with Crippen molar-refractivity contribution >= 4 is 5.78 Å². The van der Waals surface area contributed by atoms with Crippen LogP contribution in [0.2, 0.25) is 0 Å². The molecule has 2 N–H and O–H groups in total. The van der Waals surface area contributed by atoms with E-state index < -0.39 is 28.9 Å². The number of aryl methyl sites for hydroxylation is 1. The Hall–Kier alpha value is -2.72. The van der Waals surface area contributed by atoms with Crippen LogP contribution < -0.4 is 5.56 Å². The average Bonchev–Trinajstić information content (AvgIpc) is 2.94. The maximum absolute atomic E-state index is 13.1. The Morgan fingerprint density at radius 3 is 2.40 bits per heavy atom. The van der Waals surface area contributed by atoms with Gasteiger partial charge in [0.2, 0.25) is 11.7 Å². The van der Waals surface area contributed by atoms with Gasteiger partial charge in [-0.05, 0) is 6.92 Å². The van der Waals surface area contributed by atoms with Crippen LogP contribution in [-0.4, -0.2) is 30.5 Å². The predicted octanol–water partition coefficient (Wildman–Crippen LogP) is 3.16. The van der Waals surface area contributed by atoms with Gasteiger partial charge in [-0.1, -0.05) is 0 Å². The number of nitrogens with zero attached hydrogens (tertiary/aromatic N) is 3. The summed E-state index contributed by atoms with van der Waals surface area (Å²) >= 11 is 0. The summed E-state index contributed by atoms with van der Waals surface area (Å²) in [6, 6.07) is 0. The van der Waals surface area contributed by atoms with Gasteiger partial charge < -0.3 is 4.98 Å². The molecule has 1 aliphatic rings. The van der Waals surface area contributed by atoms with Crippen LogP contribution in [0.1, 0.15) is 24.2 Å². The summed E-state index contributed by atoms with van der Waals surface area (Å²) in [5, 5.41) is 5.96. The largest absolute Gasteiger partial charge is 0.434 e. The van der Waals surface area contributed by atoms with E-state index in [9.17, 15) is 26.7 Å². The smallest absolute Gasteiger partial charge is 0.328 e. The molecule has 3 aromatic rings. The van der Waals surface area contributed by atoms with E-state index in [0.29, 0.717) is 5.69 Å². The minimum atomic E-state index is -4.74. The fourth-order valence-corrected chi connectivity index (χ4v) is 2.09. The van der Waals surface area contributed by atoms with Gasteiger partial charge in [0.05, 0.1) is 11.8 Å². The van der Waals surface area contributed by atoms with Gasteiger partial charge in [0.25, 0.3) is 5.56 Å². The summed E-state index contributed by atoms with van der Waals surface area (Å²) in [4.78, 5) is 18.4. The molecule has 0 atom stereocenters. The van der Waals surface area contributed by atoms with Crippen LogP contribution in [0.5, 0.6) is 0 Å². The number of fused-ring (bicyclic) bond motifs is 1. The van der Waals surface area contributed by atoms with Crippen molar-refractivity contribution in [3.8, 4) is 11.1 Å². The van der Waals surface area contributed by atoms with Crippen molar-refractivity contribution in [2.75, 3.05) is 0 Å². The van der Waals surface area contributed by atoms with Crippen molar-refractivity contribution in [3.05, 3.63) is 40.3 Å². The summed E-state index contributed by atoms with van der Waals surface area (Å²) in [7, 11) is 0. The van der Waals surface area contributed by atoms with Gasteiger partial charge in [-0.3, -0.25) is 14.3 Å². The van der Waals surface area contributed by atoms with Crippen molar-refractivity contribution in [1.82, 2.24) is 24.6 Å². The van der Waals surface area contributed by atoms with Gasteiger partial charge in [0, 0.05) is 36.5 Å². The van der Waals surface area contributed by atoms with E-state index in [-0.39, 0.29) is 24.2 Å². The normalized spacial score (nSPS) is 15.8. The van der Waals surface area contributed by atoms with Crippen LogP contribution in [0.15, 0.2) is 23.4 Å². The van der Waals surface area contributed by atoms with E-state index in [0.717, 1.165) is 10.6 Å². The molecule has 0 spiro atoms. The highest BCUT2D eigenvalue weighted by Crippen LogP contribution is 2.40. The molecule has 25 heavy (non-hydrogen) atoms. The van der Waals surface area contributed by atoms with Gasteiger partial charge in [-0.2, -0.15) is 18.3 Å². The van der Waals surface area contributed by atoms with E-state index in [2.05, 4.69) is 20.2 Å². The number of aromatic amines is 2. The van der Waals surface area contributed by atoms with Crippen molar-refractivity contribution in [2.45, 2.75) is 31.9 Å². The second-order valence-electron chi connectivity index (χ2n) is 5.61. The zero-order valence-corrected chi connectivity index (χ0v) is 12.8. The average molecular weight is 361 g/mol. The van der Waals surface area contributed by atoms with E-state index in [1.807, 2.05) is 0 Å². The first-order chi connectivity index (χ1) is 11.6. The van der Waals surface area contributed by atoms with Crippen LogP contribution in [0.4, 0.5) is 22.0 Å². The van der Waals surface area contributed by atoms with Crippen LogP contribution in [0.25, 0.3) is 16.9 Å². The zero-order chi connectivity index (χ0) is 18.4. The highest BCUT2D eigenvalue weighted by molar-refractivity contribution is 5.65. The number of hydrogen-bond acceptors (Lipinski definition) is 3. The van der Waals surface area contributed by atoms with Gasteiger partial charge in [-0.15, -0.1) is 0 Å². The van der Waals surface area contributed by atoms with Crippen molar-refractivity contribution in [3.63, 3.8) is 0 Å². The van der Waals surface area contributed by atoms with Crippen LogP contribution in [-0.2, 0) is 6.18 Å². The second-order valence-corrected chi connectivity index (χ2v) is 5.61. The summed E-state index contributed by atoms with van der Waals surface area (Å²) in [5.74, 6) is -2.40. The van der Waals surface area contributed by atoms with E-state index >= 15 is 0 Å². The molecule has 0 aromatic carbocycles. The molecule has 1 saturated carbocycles. The standard InChI is InChI=1S/C11H8F3N5O.C3H4F2/c1-5-4-19-9(20)7(6-2-15-16-3-6)8(11(12,13)14)18-10(19)17-5;4-3(5)1-2-3/h2-4H,1H3,(H,15,16)(H,17,18);1-2H2. The fourth-order valence-electron chi connectivity index (χ4n) is 2.09. The maximum atomic E-state index is 13.1. The lowest BCUT2D eigenvalue weighted by atomic mass is 10.1. The number of imidazole rings is 1. The molecule has 0 unspecified atom stereocenters. The maximum Gasteiger partial charge on any atom is 0.434 e. The Bertz CT molecular complexity index is 949. The zero-order valence-electron chi connectivity index (χ0n) is 12.8. The number of aromatic nitrogens is 5. The van der Waals surface area contributed by atoms with Crippen molar-refractivity contribution in [1.29, 1.82) is 0 Å². The Labute approximate surface area is 136 Å². The molecule has 1 fully saturated rings. The molecule has 3 heterocycles. The molecule has 0 radical (unpaired) electrons. The first kappa shape index (κ1) is 17.1. The van der Waals surface area contributed by atoms with E-state index in [4.69, 9.17) is 0 Å². The third kappa shape index (κ3) is 3.54. The van der Waals surface area contributed by atoms with Gasteiger partial charge in [-0.25, -0.2) is 13.8 Å². The number of halogens is 5. The van der Waals surface area contributed by atoms with Crippen molar-refractivity contribution in [2.24, 2.45) is 0 Å². The number of hydrogen-bond donors (Lipinski definition) is 2. The Morgan fingerprint density at radius 1 is 1.28 bits per heavy atom. The lowest BCUT2D eigenvalue weighted by Gasteiger charge is -2.10. The van der Waals surface area contributed by atoms with Crippen LogP contribution in [0, 0.1) is 6.92 Å². The number of H-pyrrole nitrogens is 2. The molecule has 0 bridgehead atoms. The summed E-state index contributed by atoms with van der Waals surface area (Å²) in [6.45, 7) is 1.62. The second kappa shape index (κ2) is 5.67. The monoisotopic (exact) mass is 361 g/mol. The van der Waals surface area contributed by atoms with E-state index in [1.54, 1.807) is 6.92 Å². The molecule has 11 heteroatoms. The lowest BCUT2D eigenvalue weighted by molar-refractivity contribution is -0.140. The summed E-state index contributed by atoms with van der Waals surface area (Å²) in [6.07, 6.45) is -0.729. The molecular weight excluding hydrogens is 349 g/mol. The topological polar surface area (TPSA) is 78.8 Å². The summed E-state index contributed by atoms with van der Waals surface area (Å²) < 4.78 is 62.6. The predicted molar refractivity (Wildman–Crippen MR) is 77.3 cm³/mol. The number of rotatable bonds is 1. The Kier molecular flexibility index (Phi) is 3.88. The minimum absolute atomic E-state index is 0.0445. The molecule has 4 rings (SSSR count). The lowest BCUT2D eigenvalue weighted by Crippen LogP contribution is -2.23. The number of nitrogens with one attached hydrogen (secondary N) is 2. The Morgan fingerprint density at radius 2 is 1.92 bits per heavy atom. The highest BCUT2D eigenvalue weighted by atomic mass is 19.4. The molecule has 0 amide bonds. The first-order valence-corrected chi connectivity index (χ1v) is 7.15. The number of alkyl halides is 5. The van der Waals surface area contributed by atoms with Crippen molar-refractivity contribution < 1.29 is 22.0 Å².